The second-order valence-corrected chi connectivity index (χ2v) is 8.09. The largest absolute Gasteiger partial charge is 0.314 e. The number of hydrogen-bond acceptors (Lipinski definition) is 3. The van der Waals surface area contributed by atoms with E-state index in [2.05, 4.69) is 88.1 Å². The first-order chi connectivity index (χ1) is 13.7. The number of nitrogens with zero attached hydrogens (tertiary/aromatic N) is 4. The molecule has 4 rings (SSSR count). The van der Waals surface area contributed by atoms with Crippen molar-refractivity contribution >= 4 is 0 Å². The molecular formula is C24H30N4. The Labute approximate surface area is 168 Å². The smallest absolute Gasteiger partial charge is 0.134 e. The fraction of sp³-hybridized carbons (Fsp3) is 0.417. The molecule has 0 bridgehead atoms. The average Bonchev–Trinajstić information content (AvgIpc) is 3.00. The van der Waals surface area contributed by atoms with Crippen LogP contribution in [0.15, 0.2) is 54.6 Å². The molecule has 0 spiro atoms. The van der Waals surface area contributed by atoms with Gasteiger partial charge in [-0.2, -0.15) is 0 Å². The Balaban J connectivity index is 1.36. The maximum absolute atomic E-state index is 4.49. The monoisotopic (exact) mass is 374 g/mol. The van der Waals surface area contributed by atoms with Gasteiger partial charge in [0.1, 0.15) is 11.6 Å². The third-order valence-electron chi connectivity index (χ3n) is 5.73. The molecule has 0 radical (unpaired) electrons. The maximum atomic E-state index is 4.49. The summed E-state index contributed by atoms with van der Waals surface area (Å²) < 4.78 is 2.35. The highest BCUT2D eigenvalue weighted by atomic mass is 15.3. The van der Waals surface area contributed by atoms with Gasteiger partial charge < -0.3 is 4.57 Å². The van der Waals surface area contributed by atoms with Crippen LogP contribution in [0.25, 0.3) is 0 Å². The Morgan fingerprint density at radius 1 is 0.821 bits per heavy atom. The molecule has 28 heavy (non-hydrogen) atoms. The van der Waals surface area contributed by atoms with Gasteiger partial charge in [-0.1, -0.05) is 68.4 Å². The highest BCUT2D eigenvalue weighted by Gasteiger charge is 2.18. The van der Waals surface area contributed by atoms with Crippen LogP contribution in [0.2, 0.25) is 0 Å². The molecule has 4 nitrogen and oxygen atoms in total. The Morgan fingerprint density at radius 3 is 2.36 bits per heavy atom. The van der Waals surface area contributed by atoms with Crippen molar-refractivity contribution in [3.8, 4) is 0 Å². The minimum Gasteiger partial charge on any atom is -0.314 e. The lowest BCUT2D eigenvalue weighted by Crippen LogP contribution is -2.26. The van der Waals surface area contributed by atoms with E-state index in [0.29, 0.717) is 5.92 Å². The standard InChI is InChI=1S/C24H30N4/c1-19(2)22-11-8-21(9-12-22)18-27-15-14-24-26-25-23(28(24)17-16-27)13-10-20-6-4-3-5-7-20/h3-9,11-12,19H,10,13-18H2,1-2H3. The molecule has 0 saturated heterocycles. The van der Waals surface area contributed by atoms with E-state index in [1.165, 1.54) is 16.7 Å². The van der Waals surface area contributed by atoms with Crippen molar-refractivity contribution < 1.29 is 0 Å². The normalized spacial score (nSPS) is 14.8. The van der Waals surface area contributed by atoms with Crippen molar-refractivity contribution in [2.24, 2.45) is 0 Å². The second kappa shape index (κ2) is 8.70. The highest BCUT2D eigenvalue weighted by Crippen LogP contribution is 2.17. The summed E-state index contributed by atoms with van der Waals surface area (Å²) >= 11 is 0. The molecule has 146 valence electrons. The van der Waals surface area contributed by atoms with Crippen molar-refractivity contribution in [3.05, 3.63) is 82.9 Å². The third-order valence-corrected chi connectivity index (χ3v) is 5.73. The first-order valence-electron chi connectivity index (χ1n) is 10.4. The third kappa shape index (κ3) is 4.50. The summed E-state index contributed by atoms with van der Waals surface area (Å²) in [6.45, 7) is 8.58. The van der Waals surface area contributed by atoms with Crippen LogP contribution < -0.4 is 0 Å². The molecule has 0 saturated carbocycles. The van der Waals surface area contributed by atoms with E-state index in [-0.39, 0.29) is 0 Å². The summed E-state index contributed by atoms with van der Waals surface area (Å²) in [6.07, 6.45) is 2.95. The van der Waals surface area contributed by atoms with Crippen LogP contribution in [0.5, 0.6) is 0 Å². The van der Waals surface area contributed by atoms with Crippen LogP contribution in [0, 0.1) is 0 Å². The first-order valence-corrected chi connectivity index (χ1v) is 10.4. The highest BCUT2D eigenvalue weighted by molar-refractivity contribution is 5.24. The predicted molar refractivity (Wildman–Crippen MR) is 113 cm³/mol. The number of benzene rings is 2. The van der Waals surface area contributed by atoms with Crippen molar-refractivity contribution in [2.45, 2.75) is 52.1 Å². The minimum atomic E-state index is 0.589. The van der Waals surface area contributed by atoms with Crippen LogP contribution in [0.1, 0.15) is 48.1 Å². The van der Waals surface area contributed by atoms with Gasteiger partial charge in [-0.3, -0.25) is 4.90 Å². The Morgan fingerprint density at radius 2 is 1.61 bits per heavy atom. The molecular weight excluding hydrogens is 344 g/mol. The van der Waals surface area contributed by atoms with E-state index in [1.54, 1.807) is 0 Å². The minimum absolute atomic E-state index is 0.589. The molecule has 0 aliphatic carbocycles. The van der Waals surface area contributed by atoms with Crippen molar-refractivity contribution in [3.63, 3.8) is 0 Å². The van der Waals surface area contributed by atoms with Gasteiger partial charge in [-0.25, -0.2) is 0 Å². The molecule has 1 aliphatic heterocycles. The summed E-state index contributed by atoms with van der Waals surface area (Å²) in [4.78, 5) is 2.54. The zero-order valence-corrected chi connectivity index (χ0v) is 17.0. The van der Waals surface area contributed by atoms with E-state index in [0.717, 1.165) is 57.1 Å². The van der Waals surface area contributed by atoms with Crippen molar-refractivity contribution in [1.29, 1.82) is 0 Å². The molecule has 3 aromatic rings. The van der Waals surface area contributed by atoms with E-state index < -0.39 is 0 Å². The zero-order valence-electron chi connectivity index (χ0n) is 17.0. The maximum Gasteiger partial charge on any atom is 0.134 e. The van der Waals surface area contributed by atoms with Crippen LogP contribution in [0.3, 0.4) is 0 Å². The number of fused-ring (bicyclic) bond motifs is 1. The van der Waals surface area contributed by atoms with Crippen molar-refractivity contribution in [2.75, 3.05) is 13.1 Å². The summed E-state index contributed by atoms with van der Waals surface area (Å²) in [5.41, 5.74) is 4.17. The summed E-state index contributed by atoms with van der Waals surface area (Å²) in [5.74, 6) is 2.86. The van der Waals surface area contributed by atoms with Gasteiger partial charge in [0.2, 0.25) is 0 Å². The SMILES string of the molecule is CC(C)c1ccc(CN2CCc3nnc(CCc4ccccc4)n3CC2)cc1. The van der Waals surface area contributed by atoms with Gasteiger partial charge in [0.05, 0.1) is 0 Å². The average molecular weight is 375 g/mol. The number of rotatable bonds is 6. The van der Waals surface area contributed by atoms with Crippen LogP contribution in [0.4, 0.5) is 0 Å². The molecule has 0 fully saturated rings. The summed E-state index contributed by atoms with van der Waals surface area (Å²) in [5, 5.41) is 8.97. The molecule has 0 atom stereocenters. The lowest BCUT2D eigenvalue weighted by molar-refractivity contribution is 0.270. The van der Waals surface area contributed by atoms with E-state index >= 15 is 0 Å². The molecule has 0 amide bonds. The van der Waals surface area contributed by atoms with Gasteiger partial charge in [-0.15, -0.1) is 10.2 Å². The molecule has 4 heteroatoms. The van der Waals surface area contributed by atoms with Gasteiger partial charge >= 0.3 is 0 Å². The molecule has 0 N–H and O–H groups in total. The quantitative estimate of drug-likeness (QED) is 0.647. The Hall–Kier alpha value is -2.46. The summed E-state index contributed by atoms with van der Waals surface area (Å²) in [7, 11) is 0. The van der Waals surface area contributed by atoms with Crippen LogP contribution in [-0.4, -0.2) is 32.8 Å². The Bertz CT molecular complexity index is 881. The second-order valence-electron chi connectivity index (χ2n) is 8.09. The van der Waals surface area contributed by atoms with Crippen molar-refractivity contribution in [1.82, 2.24) is 19.7 Å². The predicted octanol–water partition coefficient (Wildman–Crippen LogP) is 4.25. The van der Waals surface area contributed by atoms with E-state index in [1.807, 2.05) is 0 Å². The summed E-state index contributed by atoms with van der Waals surface area (Å²) in [6, 6.07) is 19.8. The first kappa shape index (κ1) is 18.9. The fourth-order valence-electron chi connectivity index (χ4n) is 3.94. The Kier molecular flexibility index (Phi) is 5.87. The van der Waals surface area contributed by atoms with Gasteiger partial charge in [0.25, 0.3) is 0 Å². The van der Waals surface area contributed by atoms with Gasteiger partial charge in [-0.05, 0) is 29.0 Å². The van der Waals surface area contributed by atoms with E-state index in [9.17, 15) is 0 Å². The zero-order chi connectivity index (χ0) is 19.3. The molecule has 0 unspecified atom stereocenters. The number of aryl methyl sites for hydroxylation is 2. The molecule has 2 aromatic carbocycles. The molecule has 1 aromatic heterocycles. The van der Waals surface area contributed by atoms with E-state index in [4.69, 9.17) is 0 Å². The topological polar surface area (TPSA) is 34.0 Å². The van der Waals surface area contributed by atoms with Gasteiger partial charge in [0, 0.05) is 39.0 Å². The number of hydrogen-bond donors (Lipinski definition) is 0. The van der Waals surface area contributed by atoms with Crippen LogP contribution >= 0.6 is 0 Å². The van der Waals surface area contributed by atoms with Gasteiger partial charge in [0.15, 0.2) is 0 Å². The molecule has 2 heterocycles. The fourth-order valence-corrected chi connectivity index (χ4v) is 3.94. The lowest BCUT2D eigenvalue weighted by Gasteiger charge is -2.20. The number of aromatic nitrogens is 3. The lowest BCUT2D eigenvalue weighted by atomic mass is 10.0. The van der Waals surface area contributed by atoms with Crippen LogP contribution in [-0.2, 0) is 32.4 Å². The molecule has 1 aliphatic rings.